The van der Waals surface area contributed by atoms with Crippen molar-refractivity contribution in [3.63, 3.8) is 0 Å². The van der Waals surface area contributed by atoms with E-state index in [-0.39, 0.29) is 30.3 Å². The second kappa shape index (κ2) is 14.7. The molecule has 1 fully saturated rings. The van der Waals surface area contributed by atoms with Gasteiger partial charge in [0.1, 0.15) is 5.60 Å². The fourth-order valence-electron chi connectivity index (χ4n) is 4.46. The molecule has 4 rings (SSSR count). The number of hydrogen-bond acceptors (Lipinski definition) is 9. The molecule has 2 aromatic carbocycles. The van der Waals surface area contributed by atoms with Crippen LogP contribution in [0.4, 0.5) is 21.9 Å². The van der Waals surface area contributed by atoms with Crippen molar-refractivity contribution in [3.05, 3.63) is 58.9 Å². The number of benzene rings is 2. The maximum atomic E-state index is 13.2. The highest BCUT2D eigenvalue weighted by molar-refractivity contribution is 6.34. The van der Waals surface area contributed by atoms with E-state index < -0.39 is 29.8 Å². The predicted octanol–water partition coefficient (Wildman–Crippen LogP) is 6.34. The van der Waals surface area contributed by atoms with Gasteiger partial charge in [0.15, 0.2) is 12.1 Å². The topological polar surface area (TPSA) is 146 Å². The summed E-state index contributed by atoms with van der Waals surface area (Å²) in [5, 5.41) is 17.0. The van der Waals surface area contributed by atoms with Gasteiger partial charge in [0.2, 0.25) is 5.91 Å². The molecule has 3 N–H and O–H groups in total. The number of hydrogen-bond donors (Lipinski definition) is 3. The lowest BCUT2D eigenvalue weighted by Gasteiger charge is -2.22. The average Bonchev–Trinajstić information content (AvgIpc) is 3.42. The van der Waals surface area contributed by atoms with Crippen LogP contribution in [0.15, 0.2) is 42.6 Å². The largest absolute Gasteiger partial charge is 0.444 e. The third kappa shape index (κ3) is 9.50. The third-order valence-electron chi connectivity index (χ3n) is 6.37. The minimum atomic E-state index is -0.732. The van der Waals surface area contributed by atoms with E-state index >= 15 is 0 Å². The van der Waals surface area contributed by atoms with Gasteiger partial charge >= 0.3 is 6.09 Å². The molecule has 0 aliphatic carbocycles. The molecule has 1 aromatic heterocycles. The number of anilines is 3. The van der Waals surface area contributed by atoms with E-state index in [1.807, 2.05) is 13.8 Å². The fraction of sp³-hybridized carbons (Fsp3) is 0.452. The first-order valence-electron chi connectivity index (χ1n) is 14.5. The second-order valence-electron chi connectivity index (χ2n) is 11.7. The van der Waals surface area contributed by atoms with E-state index in [9.17, 15) is 14.4 Å². The van der Waals surface area contributed by atoms with Crippen LogP contribution < -0.4 is 16.0 Å². The molecule has 2 heterocycles. The molecule has 1 atom stereocenters. The summed E-state index contributed by atoms with van der Waals surface area (Å²) >= 11 is 6.47. The Morgan fingerprint density at radius 1 is 1.09 bits per heavy atom. The first kappa shape index (κ1) is 32.9. The van der Waals surface area contributed by atoms with E-state index in [2.05, 4.69) is 26.3 Å². The van der Waals surface area contributed by atoms with Crippen molar-refractivity contribution in [2.24, 2.45) is 0 Å². The normalized spacial score (nSPS) is 15.1. The van der Waals surface area contributed by atoms with E-state index in [1.54, 1.807) is 62.0 Å². The molecule has 1 aliphatic rings. The van der Waals surface area contributed by atoms with Crippen LogP contribution in [-0.2, 0) is 25.6 Å². The number of carbonyl (C=O) groups is 3. The van der Waals surface area contributed by atoms with Crippen LogP contribution in [0, 0.1) is 0 Å². The highest BCUT2D eigenvalue weighted by Crippen LogP contribution is 2.34. The Hall–Kier alpha value is -4.00. The molecule has 0 saturated carbocycles. The number of ether oxygens (including phenoxy) is 3. The SMILES string of the molecule is CC(C)Nc1cc(NC(=O)OC(C)(C)C)c(NC(=O)CC(=O)c2cccc(-n3nncc3COC3CCCCO3)c2)cc1Cl. The Kier molecular flexibility index (Phi) is 11.0. The monoisotopic (exact) mass is 626 g/mol. The third-order valence-corrected chi connectivity index (χ3v) is 6.68. The lowest BCUT2D eigenvalue weighted by molar-refractivity contribution is -0.169. The summed E-state index contributed by atoms with van der Waals surface area (Å²) in [6.45, 7) is 10.0. The summed E-state index contributed by atoms with van der Waals surface area (Å²) in [6, 6.07) is 9.93. The van der Waals surface area contributed by atoms with Gasteiger partial charge in [-0.25, -0.2) is 9.48 Å². The van der Waals surface area contributed by atoms with E-state index in [0.717, 1.165) is 19.3 Å². The van der Waals surface area contributed by atoms with Gasteiger partial charge in [-0.3, -0.25) is 14.9 Å². The van der Waals surface area contributed by atoms with E-state index in [4.69, 9.17) is 25.8 Å². The zero-order valence-electron chi connectivity index (χ0n) is 25.6. The smallest absolute Gasteiger partial charge is 0.412 e. The van der Waals surface area contributed by atoms with Crippen molar-refractivity contribution in [1.82, 2.24) is 15.0 Å². The van der Waals surface area contributed by atoms with Crippen molar-refractivity contribution >= 4 is 46.4 Å². The molecule has 0 spiro atoms. The number of ketones is 1. The quantitative estimate of drug-likeness (QED) is 0.164. The molecule has 1 unspecified atom stereocenters. The van der Waals surface area contributed by atoms with Crippen LogP contribution in [0.2, 0.25) is 5.02 Å². The maximum absolute atomic E-state index is 13.2. The molecule has 13 heteroatoms. The molecule has 0 radical (unpaired) electrons. The first-order chi connectivity index (χ1) is 20.9. The second-order valence-corrected chi connectivity index (χ2v) is 12.2. The van der Waals surface area contributed by atoms with Crippen molar-refractivity contribution in [1.29, 1.82) is 0 Å². The van der Waals surface area contributed by atoms with Gasteiger partial charge in [0.25, 0.3) is 0 Å². The van der Waals surface area contributed by atoms with Crippen molar-refractivity contribution in [2.75, 3.05) is 22.6 Å². The van der Waals surface area contributed by atoms with Crippen molar-refractivity contribution in [2.45, 2.75) is 84.8 Å². The molecule has 236 valence electrons. The van der Waals surface area contributed by atoms with Crippen LogP contribution in [-0.4, -0.2) is 57.3 Å². The van der Waals surface area contributed by atoms with Gasteiger partial charge in [-0.1, -0.05) is 28.9 Å². The highest BCUT2D eigenvalue weighted by Gasteiger charge is 2.21. The summed E-state index contributed by atoms with van der Waals surface area (Å²) < 4.78 is 18.5. The standard InChI is InChI=1S/C31H39ClN6O6/c1-19(2)34-24-15-26(36-30(41)44-31(3,4)5)25(14-23(24)32)35-28(40)16-27(39)20-9-8-10-21(13-20)38-22(17-33-37-38)18-43-29-11-6-7-12-42-29/h8-10,13-15,17,19,29,34H,6-7,11-12,16,18H2,1-5H3,(H,35,40)(H,36,41). The number of halogens is 1. The summed E-state index contributed by atoms with van der Waals surface area (Å²) in [4.78, 5) is 38.8. The van der Waals surface area contributed by atoms with Gasteiger partial charge in [0, 0.05) is 18.2 Å². The molecule has 44 heavy (non-hydrogen) atoms. The molecule has 2 amide bonds. The van der Waals surface area contributed by atoms with Crippen LogP contribution >= 0.6 is 11.6 Å². The number of Topliss-reactive ketones (excluding diaryl/α,β-unsaturated/α-hetero) is 1. The van der Waals surface area contributed by atoms with E-state index in [1.165, 1.54) is 6.07 Å². The summed E-state index contributed by atoms with van der Waals surface area (Å²) in [6.07, 6.45) is 3.08. The van der Waals surface area contributed by atoms with Gasteiger partial charge in [-0.05, 0) is 78.1 Å². The van der Waals surface area contributed by atoms with Crippen molar-refractivity contribution < 1.29 is 28.6 Å². The van der Waals surface area contributed by atoms with Gasteiger partial charge in [-0.2, -0.15) is 0 Å². The molecule has 0 bridgehead atoms. The summed E-state index contributed by atoms with van der Waals surface area (Å²) in [5.74, 6) is -1.00. The van der Waals surface area contributed by atoms with Crippen molar-refractivity contribution in [3.8, 4) is 5.69 Å². The Morgan fingerprint density at radius 3 is 2.57 bits per heavy atom. The Labute approximate surface area is 261 Å². The Balaban J connectivity index is 1.46. The number of nitrogens with one attached hydrogen (secondary N) is 3. The zero-order valence-corrected chi connectivity index (χ0v) is 26.4. The first-order valence-corrected chi connectivity index (χ1v) is 14.9. The minimum absolute atomic E-state index is 0.0581. The maximum Gasteiger partial charge on any atom is 0.412 e. The fourth-order valence-corrected chi connectivity index (χ4v) is 4.68. The summed E-state index contributed by atoms with van der Waals surface area (Å²) in [7, 11) is 0. The average molecular weight is 627 g/mol. The number of rotatable bonds is 11. The van der Waals surface area contributed by atoms with Crippen LogP contribution in [0.1, 0.15) is 76.4 Å². The van der Waals surface area contributed by atoms with Crippen LogP contribution in [0.25, 0.3) is 5.69 Å². The van der Waals surface area contributed by atoms with Gasteiger partial charge in [0.05, 0.1) is 52.7 Å². The molecular formula is C31H39ClN6O6. The molecule has 1 saturated heterocycles. The number of aromatic nitrogens is 3. The number of carbonyl (C=O) groups excluding carboxylic acids is 3. The van der Waals surface area contributed by atoms with E-state index in [0.29, 0.717) is 34.3 Å². The minimum Gasteiger partial charge on any atom is -0.444 e. The van der Waals surface area contributed by atoms with Gasteiger partial charge < -0.3 is 24.8 Å². The lowest BCUT2D eigenvalue weighted by atomic mass is 10.1. The van der Waals surface area contributed by atoms with Gasteiger partial charge in [-0.15, -0.1) is 5.10 Å². The molecular weight excluding hydrogens is 588 g/mol. The molecule has 1 aliphatic heterocycles. The Bertz CT molecular complexity index is 1480. The summed E-state index contributed by atoms with van der Waals surface area (Å²) in [5.41, 5.74) is 1.91. The number of nitrogens with zero attached hydrogens (tertiary/aromatic N) is 3. The zero-order chi connectivity index (χ0) is 31.9. The Morgan fingerprint density at radius 2 is 1.86 bits per heavy atom. The molecule has 3 aromatic rings. The lowest BCUT2D eigenvalue weighted by Crippen LogP contribution is -2.28. The predicted molar refractivity (Wildman–Crippen MR) is 167 cm³/mol. The molecule has 12 nitrogen and oxygen atoms in total. The van der Waals surface area contributed by atoms with Crippen LogP contribution in [0.5, 0.6) is 0 Å². The highest BCUT2D eigenvalue weighted by atomic mass is 35.5. The number of amides is 2. The van der Waals surface area contributed by atoms with Crippen LogP contribution in [0.3, 0.4) is 0 Å².